The monoisotopic (exact) mass is 293 g/mol. The normalized spacial score (nSPS) is 22.8. The Labute approximate surface area is 125 Å². The molecule has 1 heterocycles. The van der Waals surface area contributed by atoms with Gasteiger partial charge in [0, 0.05) is 19.6 Å². The first-order valence-corrected chi connectivity index (χ1v) is 7.20. The summed E-state index contributed by atoms with van der Waals surface area (Å²) < 4.78 is 11.4. The third-order valence-electron chi connectivity index (χ3n) is 3.42. The van der Waals surface area contributed by atoms with E-state index in [4.69, 9.17) is 15.3 Å². The Hall–Kier alpha value is -1.63. The number of nitrogens with two attached hydrogens (primary N) is 1. The van der Waals surface area contributed by atoms with Crippen molar-refractivity contribution in [2.24, 2.45) is 5.84 Å². The van der Waals surface area contributed by atoms with Crippen molar-refractivity contribution in [1.29, 1.82) is 0 Å². The fourth-order valence-electron chi connectivity index (χ4n) is 2.61. The van der Waals surface area contributed by atoms with Crippen LogP contribution in [0, 0.1) is 0 Å². The molecule has 1 aliphatic heterocycles. The average molecular weight is 293 g/mol. The Morgan fingerprint density at radius 2 is 2.05 bits per heavy atom. The molecule has 1 amide bonds. The van der Waals surface area contributed by atoms with Crippen molar-refractivity contribution >= 4 is 5.91 Å². The van der Waals surface area contributed by atoms with Crippen molar-refractivity contribution in [2.45, 2.75) is 26.1 Å². The van der Waals surface area contributed by atoms with Crippen LogP contribution in [0.2, 0.25) is 0 Å². The van der Waals surface area contributed by atoms with Crippen LogP contribution >= 0.6 is 0 Å². The van der Waals surface area contributed by atoms with Gasteiger partial charge >= 0.3 is 0 Å². The molecular weight excluding hydrogens is 270 g/mol. The molecule has 0 saturated carbocycles. The first-order chi connectivity index (χ1) is 10.1. The maximum absolute atomic E-state index is 11.6. The van der Waals surface area contributed by atoms with Gasteiger partial charge in [0.1, 0.15) is 12.4 Å². The van der Waals surface area contributed by atoms with E-state index in [1.807, 2.05) is 6.07 Å². The van der Waals surface area contributed by atoms with Crippen LogP contribution in [0.3, 0.4) is 0 Å². The maximum Gasteiger partial charge on any atom is 0.268 e. The molecule has 2 atom stereocenters. The summed E-state index contributed by atoms with van der Waals surface area (Å²) in [5.74, 6) is 5.37. The number of nitrogens with one attached hydrogen (secondary N) is 1. The number of hydrogen-bond acceptors (Lipinski definition) is 5. The van der Waals surface area contributed by atoms with Gasteiger partial charge in [-0.2, -0.15) is 0 Å². The third kappa shape index (κ3) is 4.42. The van der Waals surface area contributed by atoms with Crippen LogP contribution < -0.4 is 16.0 Å². The van der Waals surface area contributed by atoms with Gasteiger partial charge in [0.15, 0.2) is 0 Å². The molecule has 0 aliphatic carbocycles. The van der Waals surface area contributed by atoms with Gasteiger partial charge in [-0.25, -0.2) is 5.84 Å². The number of nitrogen functional groups attached to an aromatic ring is 1. The molecule has 0 aromatic heterocycles. The molecule has 0 radical (unpaired) electrons. The van der Waals surface area contributed by atoms with E-state index in [9.17, 15) is 4.79 Å². The molecule has 1 aliphatic rings. The molecule has 6 heteroatoms. The molecular formula is C15H23N3O3. The van der Waals surface area contributed by atoms with E-state index in [1.165, 1.54) is 0 Å². The third-order valence-corrected chi connectivity index (χ3v) is 3.42. The predicted molar refractivity (Wildman–Crippen MR) is 80.0 cm³/mol. The first kappa shape index (κ1) is 15.8. The van der Waals surface area contributed by atoms with E-state index in [-0.39, 0.29) is 18.1 Å². The van der Waals surface area contributed by atoms with Gasteiger partial charge in [-0.1, -0.05) is 12.1 Å². The fourth-order valence-corrected chi connectivity index (χ4v) is 2.61. The zero-order valence-corrected chi connectivity index (χ0v) is 12.5. The molecule has 2 rings (SSSR count). The highest BCUT2D eigenvalue weighted by atomic mass is 16.5. The molecule has 1 aromatic rings. The summed E-state index contributed by atoms with van der Waals surface area (Å²) >= 11 is 0. The molecule has 2 unspecified atom stereocenters. The number of rotatable bonds is 5. The van der Waals surface area contributed by atoms with E-state index in [0.717, 1.165) is 19.6 Å². The molecule has 3 N–H and O–H groups in total. The number of carbonyl (C=O) groups excluding carboxylic acids is 1. The number of ether oxygens (including phenoxy) is 2. The molecule has 1 saturated heterocycles. The highest BCUT2D eigenvalue weighted by molar-refractivity contribution is 5.96. The largest absolute Gasteiger partial charge is 0.491 e. The van der Waals surface area contributed by atoms with Gasteiger partial charge in [-0.3, -0.25) is 15.1 Å². The van der Waals surface area contributed by atoms with Crippen LogP contribution in [-0.4, -0.2) is 49.3 Å². The lowest BCUT2D eigenvalue weighted by Gasteiger charge is -2.35. The number of hydrogen-bond donors (Lipinski definition) is 2. The Bertz CT molecular complexity index is 471. The number of benzene rings is 1. The lowest BCUT2D eigenvalue weighted by atomic mass is 10.2. The Kier molecular flexibility index (Phi) is 5.55. The van der Waals surface area contributed by atoms with Crippen LogP contribution in [0.4, 0.5) is 0 Å². The number of morpholine rings is 1. The minimum Gasteiger partial charge on any atom is -0.491 e. The Balaban J connectivity index is 1.87. The minimum atomic E-state index is -0.348. The van der Waals surface area contributed by atoms with Gasteiger partial charge in [0.2, 0.25) is 0 Å². The van der Waals surface area contributed by atoms with Gasteiger partial charge in [0.25, 0.3) is 5.91 Å². The number of hydrazine groups is 1. The lowest BCUT2D eigenvalue weighted by molar-refractivity contribution is -0.0699. The molecule has 1 aromatic carbocycles. The number of para-hydroxylation sites is 1. The Morgan fingerprint density at radius 1 is 1.38 bits per heavy atom. The molecule has 21 heavy (non-hydrogen) atoms. The van der Waals surface area contributed by atoms with Crippen molar-refractivity contribution in [3.8, 4) is 5.75 Å². The second-order valence-corrected chi connectivity index (χ2v) is 5.33. The van der Waals surface area contributed by atoms with Crippen molar-refractivity contribution < 1.29 is 14.3 Å². The molecule has 0 spiro atoms. The summed E-state index contributed by atoms with van der Waals surface area (Å²) in [4.78, 5) is 14.0. The molecule has 6 nitrogen and oxygen atoms in total. The first-order valence-electron chi connectivity index (χ1n) is 7.20. The SMILES string of the molecule is CC1CN(CCOc2ccccc2C(=O)NN)CC(C)O1. The van der Waals surface area contributed by atoms with E-state index in [0.29, 0.717) is 17.9 Å². The second kappa shape index (κ2) is 7.40. The Morgan fingerprint density at radius 3 is 2.71 bits per heavy atom. The minimum absolute atomic E-state index is 0.240. The summed E-state index contributed by atoms with van der Waals surface area (Å²) in [5.41, 5.74) is 2.58. The van der Waals surface area contributed by atoms with Crippen molar-refractivity contribution in [2.75, 3.05) is 26.2 Å². The number of nitrogens with zero attached hydrogens (tertiary/aromatic N) is 1. The van der Waals surface area contributed by atoms with Crippen molar-refractivity contribution in [3.63, 3.8) is 0 Å². The van der Waals surface area contributed by atoms with Crippen LogP contribution in [0.1, 0.15) is 24.2 Å². The summed E-state index contributed by atoms with van der Waals surface area (Å²) in [6.45, 7) is 7.27. The molecule has 116 valence electrons. The molecule has 0 bridgehead atoms. The highest BCUT2D eigenvalue weighted by Gasteiger charge is 2.21. The quantitative estimate of drug-likeness (QED) is 0.476. The van der Waals surface area contributed by atoms with E-state index in [1.54, 1.807) is 18.2 Å². The second-order valence-electron chi connectivity index (χ2n) is 5.33. The van der Waals surface area contributed by atoms with Gasteiger partial charge < -0.3 is 9.47 Å². The summed E-state index contributed by atoms with van der Waals surface area (Å²) in [7, 11) is 0. The van der Waals surface area contributed by atoms with E-state index >= 15 is 0 Å². The number of amides is 1. The maximum atomic E-state index is 11.6. The zero-order chi connectivity index (χ0) is 15.2. The van der Waals surface area contributed by atoms with Crippen LogP contribution in [0.5, 0.6) is 5.75 Å². The van der Waals surface area contributed by atoms with Gasteiger partial charge in [-0.15, -0.1) is 0 Å². The summed E-state index contributed by atoms with van der Waals surface area (Å²) in [6, 6.07) is 7.08. The topological polar surface area (TPSA) is 76.8 Å². The van der Waals surface area contributed by atoms with Crippen LogP contribution in [-0.2, 0) is 4.74 Å². The summed E-state index contributed by atoms with van der Waals surface area (Å²) in [6.07, 6.45) is 0.480. The smallest absolute Gasteiger partial charge is 0.268 e. The molecule has 1 fully saturated rings. The predicted octanol–water partition coefficient (Wildman–Crippen LogP) is 0.778. The van der Waals surface area contributed by atoms with Crippen molar-refractivity contribution in [3.05, 3.63) is 29.8 Å². The lowest BCUT2D eigenvalue weighted by Crippen LogP contribution is -2.46. The van der Waals surface area contributed by atoms with Crippen molar-refractivity contribution in [1.82, 2.24) is 10.3 Å². The zero-order valence-electron chi connectivity index (χ0n) is 12.5. The van der Waals surface area contributed by atoms with Crippen LogP contribution in [0.15, 0.2) is 24.3 Å². The van der Waals surface area contributed by atoms with E-state index in [2.05, 4.69) is 24.2 Å². The summed E-state index contributed by atoms with van der Waals surface area (Å²) in [5, 5.41) is 0. The number of carbonyl (C=O) groups is 1. The average Bonchev–Trinajstić information content (AvgIpc) is 2.46. The van der Waals surface area contributed by atoms with Gasteiger partial charge in [-0.05, 0) is 26.0 Å². The standard InChI is InChI=1S/C15H23N3O3/c1-11-9-18(10-12(2)21-11)7-8-20-14-6-4-3-5-13(14)15(19)17-16/h3-6,11-12H,7-10,16H2,1-2H3,(H,17,19). The van der Waals surface area contributed by atoms with E-state index < -0.39 is 0 Å². The van der Waals surface area contributed by atoms with Gasteiger partial charge in [0.05, 0.1) is 17.8 Å². The highest BCUT2D eigenvalue weighted by Crippen LogP contribution is 2.18. The van der Waals surface area contributed by atoms with Crippen LogP contribution in [0.25, 0.3) is 0 Å². The fraction of sp³-hybridized carbons (Fsp3) is 0.533.